The lowest BCUT2D eigenvalue weighted by molar-refractivity contribution is 0.0522. The van der Waals surface area contributed by atoms with Gasteiger partial charge in [-0.25, -0.2) is 9.97 Å². The number of piperidine rings is 1. The van der Waals surface area contributed by atoms with Gasteiger partial charge in [-0.05, 0) is 44.0 Å². The molecule has 8 nitrogen and oxygen atoms in total. The van der Waals surface area contributed by atoms with Gasteiger partial charge in [-0.3, -0.25) is 9.47 Å². The van der Waals surface area contributed by atoms with E-state index in [2.05, 4.69) is 19.8 Å². The third-order valence-corrected chi connectivity index (χ3v) is 6.12. The zero-order chi connectivity index (χ0) is 21.8. The number of nitrogens with one attached hydrogen (secondary N) is 1. The summed E-state index contributed by atoms with van der Waals surface area (Å²) < 4.78 is 19.7. The van der Waals surface area contributed by atoms with E-state index in [1.165, 1.54) is 0 Å². The third kappa shape index (κ3) is 4.66. The summed E-state index contributed by atoms with van der Waals surface area (Å²) in [5, 5.41) is 3.68. The van der Waals surface area contributed by atoms with Crippen LogP contribution in [0.3, 0.4) is 0 Å². The quantitative estimate of drug-likeness (QED) is 0.543. The zero-order valence-electron chi connectivity index (χ0n) is 18.6. The highest BCUT2D eigenvalue weighted by Gasteiger charge is 2.27. The number of anilines is 1. The second kappa shape index (κ2) is 9.75. The molecule has 4 heterocycles. The summed E-state index contributed by atoms with van der Waals surface area (Å²) in [4.78, 5) is 11.8. The van der Waals surface area contributed by atoms with Crippen LogP contribution in [-0.2, 0) is 11.3 Å². The van der Waals surface area contributed by atoms with Crippen molar-refractivity contribution < 1.29 is 14.2 Å². The van der Waals surface area contributed by atoms with Crippen molar-refractivity contribution in [3.05, 3.63) is 42.6 Å². The number of hydrogen-bond donors (Lipinski definition) is 1. The second-order valence-corrected chi connectivity index (χ2v) is 8.35. The van der Waals surface area contributed by atoms with E-state index in [0.29, 0.717) is 25.9 Å². The van der Waals surface area contributed by atoms with Gasteiger partial charge in [0.1, 0.15) is 18.2 Å². The molecule has 8 heteroatoms. The van der Waals surface area contributed by atoms with E-state index >= 15 is 0 Å². The number of imidazole rings is 1. The average Bonchev–Trinajstić information content (AvgIpc) is 3.17. The van der Waals surface area contributed by atoms with Crippen LogP contribution in [0.15, 0.2) is 42.6 Å². The van der Waals surface area contributed by atoms with Crippen molar-refractivity contribution in [1.82, 2.24) is 19.4 Å². The smallest absolute Gasteiger partial charge is 0.205 e. The molecular weight excluding hydrogens is 406 g/mol. The van der Waals surface area contributed by atoms with Gasteiger partial charge in [-0.1, -0.05) is 12.1 Å². The van der Waals surface area contributed by atoms with Crippen LogP contribution in [0.25, 0.3) is 11.2 Å². The highest BCUT2D eigenvalue weighted by atomic mass is 16.6. The number of pyridine rings is 1. The molecule has 32 heavy (non-hydrogen) atoms. The molecule has 2 aliphatic heterocycles. The summed E-state index contributed by atoms with van der Waals surface area (Å²) in [5.74, 6) is 2.57. The molecule has 0 aliphatic carbocycles. The van der Waals surface area contributed by atoms with Crippen molar-refractivity contribution >= 4 is 17.1 Å². The predicted molar refractivity (Wildman–Crippen MR) is 123 cm³/mol. The Morgan fingerprint density at radius 3 is 2.81 bits per heavy atom. The fraction of sp³-hybridized carbons (Fsp3) is 0.500. The van der Waals surface area contributed by atoms with Crippen molar-refractivity contribution in [3.63, 3.8) is 0 Å². The van der Waals surface area contributed by atoms with Gasteiger partial charge >= 0.3 is 0 Å². The molecular formula is C24H31N5O3. The molecule has 0 spiro atoms. The van der Waals surface area contributed by atoms with Gasteiger partial charge in [0.25, 0.3) is 0 Å². The van der Waals surface area contributed by atoms with Gasteiger partial charge in [0.2, 0.25) is 5.95 Å². The number of para-hydroxylation sites is 2. The molecule has 3 aromatic rings. The van der Waals surface area contributed by atoms with Crippen molar-refractivity contribution in [2.24, 2.45) is 0 Å². The van der Waals surface area contributed by atoms with Crippen LogP contribution in [0, 0.1) is 0 Å². The van der Waals surface area contributed by atoms with Crippen molar-refractivity contribution in [2.75, 3.05) is 44.8 Å². The van der Waals surface area contributed by atoms with Crippen LogP contribution < -0.4 is 14.8 Å². The minimum Gasteiger partial charge on any atom is -0.486 e. The largest absolute Gasteiger partial charge is 0.486 e. The van der Waals surface area contributed by atoms with Gasteiger partial charge in [-0.15, -0.1) is 0 Å². The topological polar surface area (TPSA) is 73.7 Å². The van der Waals surface area contributed by atoms with E-state index in [-0.39, 0.29) is 6.10 Å². The van der Waals surface area contributed by atoms with Crippen molar-refractivity contribution in [2.45, 2.75) is 38.5 Å². The van der Waals surface area contributed by atoms with E-state index in [0.717, 1.165) is 67.6 Å². The first-order chi connectivity index (χ1) is 15.8. The van der Waals surface area contributed by atoms with Gasteiger partial charge in [0.05, 0.1) is 13.2 Å². The van der Waals surface area contributed by atoms with Crippen LogP contribution in [0.2, 0.25) is 0 Å². The summed E-state index contributed by atoms with van der Waals surface area (Å²) in [6, 6.07) is 12.2. The number of nitrogens with zero attached hydrogens (tertiary/aromatic N) is 4. The Labute approximate surface area is 188 Å². The highest BCUT2D eigenvalue weighted by Crippen LogP contribution is 2.31. The molecule has 1 fully saturated rings. The number of hydrogen-bond acceptors (Lipinski definition) is 7. The van der Waals surface area contributed by atoms with Crippen LogP contribution in [0.1, 0.15) is 19.8 Å². The Morgan fingerprint density at radius 1 is 1.12 bits per heavy atom. The fourth-order valence-corrected chi connectivity index (χ4v) is 4.46. The average molecular weight is 438 g/mol. The third-order valence-electron chi connectivity index (χ3n) is 6.12. The second-order valence-electron chi connectivity index (χ2n) is 8.35. The summed E-state index contributed by atoms with van der Waals surface area (Å²) in [6.07, 6.45) is 4.01. The standard InChI is InChI=1S/C24H31N5O3/c1-2-30-15-14-29-23-20(6-5-11-25-23)27-24(29)26-18-9-12-28(13-10-18)16-19-17-31-21-7-3-4-8-22(21)32-19/h3-8,11,18-19H,2,9-10,12-17H2,1H3,(H,26,27). The van der Waals surface area contributed by atoms with Gasteiger partial charge in [0, 0.05) is 38.5 Å². The molecule has 0 amide bonds. The lowest BCUT2D eigenvalue weighted by Gasteiger charge is -2.36. The Bertz CT molecular complexity index is 1030. The Balaban J connectivity index is 1.17. The summed E-state index contributed by atoms with van der Waals surface area (Å²) in [6.45, 7) is 7.65. The maximum absolute atomic E-state index is 6.14. The highest BCUT2D eigenvalue weighted by molar-refractivity contribution is 5.74. The maximum Gasteiger partial charge on any atom is 0.205 e. The number of fused-ring (bicyclic) bond motifs is 2. The Kier molecular flexibility index (Phi) is 6.41. The van der Waals surface area contributed by atoms with E-state index in [1.807, 2.05) is 49.5 Å². The molecule has 0 saturated carbocycles. The first kappa shape index (κ1) is 21.0. The number of aromatic nitrogens is 3. The van der Waals surface area contributed by atoms with Gasteiger partial charge in [-0.2, -0.15) is 0 Å². The summed E-state index contributed by atoms with van der Waals surface area (Å²) in [7, 11) is 0. The minimum atomic E-state index is 0.0725. The number of rotatable bonds is 8. The van der Waals surface area contributed by atoms with Crippen LogP contribution in [0.5, 0.6) is 11.5 Å². The SMILES string of the molecule is CCOCCn1c(NC2CCN(CC3COc4ccccc4O3)CC2)nc2cccnc21. The van der Waals surface area contributed by atoms with Crippen molar-refractivity contribution in [3.8, 4) is 11.5 Å². The number of likely N-dealkylation sites (tertiary alicyclic amines) is 1. The van der Waals surface area contributed by atoms with Gasteiger partial charge in [0.15, 0.2) is 17.1 Å². The Morgan fingerprint density at radius 2 is 1.97 bits per heavy atom. The van der Waals surface area contributed by atoms with Crippen LogP contribution >= 0.6 is 0 Å². The summed E-state index contributed by atoms with van der Waals surface area (Å²) >= 11 is 0. The molecule has 1 aromatic carbocycles. The normalized spacial score (nSPS) is 19.3. The number of ether oxygens (including phenoxy) is 3. The monoisotopic (exact) mass is 437 g/mol. The molecule has 1 atom stereocenters. The number of benzene rings is 1. The van der Waals surface area contributed by atoms with Crippen LogP contribution in [-0.4, -0.2) is 71.0 Å². The van der Waals surface area contributed by atoms with E-state index in [9.17, 15) is 0 Å². The fourth-order valence-electron chi connectivity index (χ4n) is 4.46. The molecule has 2 aromatic heterocycles. The summed E-state index contributed by atoms with van der Waals surface area (Å²) in [5.41, 5.74) is 1.82. The first-order valence-electron chi connectivity index (χ1n) is 11.6. The van der Waals surface area contributed by atoms with E-state index < -0.39 is 0 Å². The van der Waals surface area contributed by atoms with Crippen molar-refractivity contribution in [1.29, 1.82) is 0 Å². The molecule has 170 valence electrons. The molecule has 1 N–H and O–H groups in total. The minimum absolute atomic E-state index is 0.0725. The zero-order valence-corrected chi connectivity index (χ0v) is 18.6. The molecule has 0 bridgehead atoms. The van der Waals surface area contributed by atoms with E-state index in [1.54, 1.807) is 0 Å². The molecule has 2 aliphatic rings. The van der Waals surface area contributed by atoms with Crippen LogP contribution in [0.4, 0.5) is 5.95 Å². The molecule has 1 saturated heterocycles. The lowest BCUT2D eigenvalue weighted by Crippen LogP contribution is -2.46. The lowest BCUT2D eigenvalue weighted by atomic mass is 10.0. The van der Waals surface area contributed by atoms with E-state index in [4.69, 9.17) is 19.2 Å². The molecule has 5 rings (SSSR count). The molecule has 1 unspecified atom stereocenters. The maximum atomic E-state index is 6.14. The van der Waals surface area contributed by atoms with Gasteiger partial charge < -0.3 is 19.5 Å². The Hall–Kier alpha value is -2.84. The predicted octanol–water partition coefficient (Wildman–Crippen LogP) is 3.18. The first-order valence-corrected chi connectivity index (χ1v) is 11.6. The molecule has 0 radical (unpaired) electrons.